The van der Waals surface area contributed by atoms with Gasteiger partial charge in [0, 0.05) is 16.8 Å². The van der Waals surface area contributed by atoms with E-state index < -0.39 is 17.9 Å². The number of rotatable bonds is 4. The molecule has 0 spiro atoms. The summed E-state index contributed by atoms with van der Waals surface area (Å²) >= 11 is 0. The summed E-state index contributed by atoms with van der Waals surface area (Å²) < 4.78 is 14.6. The molecule has 3 aromatic rings. The summed E-state index contributed by atoms with van der Waals surface area (Å²) in [5.41, 5.74) is 7.23. The van der Waals surface area contributed by atoms with Gasteiger partial charge in [0.2, 0.25) is 17.7 Å². The number of primary amides is 1. The molecule has 0 unspecified atom stereocenters. The number of nitrogens with two attached hydrogens (primary N) is 1. The predicted octanol–water partition coefficient (Wildman–Crippen LogP) is 2.31. The van der Waals surface area contributed by atoms with Crippen molar-refractivity contribution >= 4 is 29.2 Å². The minimum atomic E-state index is -0.858. The fourth-order valence-electron chi connectivity index (χ4n) is 3.16. The van der Waals surface area contributed by atoms with Crippen LogP contribution in [0.3, 0.4) is 0 Å². The summed E-state index contributed by atoms with van der Waals surface area (Å²) in [6, 6.07) is 11.0. The maximum Gasteiger partial charge on any atom is 0.249 e. The number of nitrogens with zero attached hydrogens (tertiary/aromatic N) is 2. The number of halogens is 1. The Bertz CT molecular complexity index is 1110. The predicted molar refractivity (Wildman–Crippen MR) is 103 cm³/mol. The van der Waals surface area contributed by atoms with Crippen LogP contribution in [0.15, 0.2) is 54.7 Å². The second-order valence-electron chi connectivity index (χ2n) is 6.56. The fourth-order valence-corrected chi connectivity index (χ4v) is 3.16. The van der Waals surface area contributed by atoms with Gasteiger partial charge in [-0.25, -0.2) is 9.07 Å². The number of hydrogen-bond donors (Lipinski definition) is 3. The molecule has 8 nitrogen and oxygen atoms in total. The Hall–Kier alpha value is -4.01. The molecule has 29 heavy (non-hydrogen) atoms. The van der Waals surface area contributed by atoms with E-state index in [-0.39, 0.29) is 18.1 Å². The van der Waals surface area contributed by atoms with Gasteiger partial charge < -0.3 is 16.4 Å². The van der Waals surface area contributed by atoms with Gasteiger partial charge in [-0.1, -0.05) is 12.1 Å². The van der Waals surface area contributed by atoms with Crippen molar-refractivity contribution in [2.45, 2.75) is 12.5 Å². The highest BCUT2D eigenvalue weighted by Gasteiger charge is 2.33. The first-order chi connectivity index (χ1) is 13.9. The molecule has 4 N–H and O–H groups in total. The molecule has 0 bridgehead atoms. The van der Waals surface area contributed by atoms with Gasteiger partial charge in [-0.2, -0.15) is 5.10 Å². The second kappa shape index (κ2) is 7.19. The van der Waals surface area contributed by atoms with E-state index >= 15 is 0 Å². The van der Waals surface area contributed by atoms with Gasteiger partial charge in [0.05, 0.1) is 12.6 Å². The van der Waals surface area contributed by atoms with Crippen molar-refractivity contribution in [3.05, 3.63) is 66.1 Å². The lowest BCUT2D eigenvalue weighted by Gasteiger charge is -2.24. The number of benzene rings is 2. The third kappa shape index (κ3) is 3.57. The highest BCUT2D eigenvalue weighted by molar-refractivity contribution is 6.03. The molecule has 1 aromatic heterocycles. The lowest BCUT2D eigenvalue weighted by Crippen LogP contribution is -2.35. The van der Waals surface area contributed by atoms with Gasteiger partial charge in [0.25, 0.3) is 0 Å². The molecule has 9 heteroatoms. The number of carbonyl (C=O) groups excluding carboxylic acids is 3. The molecule has 0 saturated heterocycles. The maximum atomic E-state index is 13.2. The zero-order valence-corrected chi connectivity index (χ0v) is 15.1. The molecule has 0 saturated carbocycles. The normalized spacial score (nSPS) is 15.3. The van der Waals surface area contributed by atoms with Gasteiger partial charge in [-0.05, 0) is 42.0 Å². The summed E-state index contributed by atoms with van der Waals surface area (Å²) in [7, 11) is 0. The van der Waals surface area contributed by atoms with Gasteiger partial charge in [-0.3, -0.25) is 14.4 Å². The first-order valence-electron chi connectivity index (χ1n) is 8.76. The number of carbonyl (C=O) groups is 3. The molecular weight excluding hydrogens is 377 g/mol. The van der Waals surface area contributed by atoms with Crippen molar-refractivity contribution in [1.82, 2.24) is 9.78 Å². The van der Waals surface area contributed by atoms with Crippen molar-refractivity contribution in [1.29, 1.82) is 0 Å². The topological polar surface area (TPSA) is 119 Å². The third-order valence-electron chi connectivity index (χ3n) is 4.62. The molecule has 2 aromatic carbocycles. The Labute approximate surface area is 164 Å². The second-order valence-corrected chi connectivity index (χ2v) is 6.56. The van der Waals surface area contributed by atoms with E-state index in [9.17, 15) is 18.8 Å². The molecule has 1 aliphatic rings. The van der Waals surface area contributed by atoms with Crippen LogP contribution in [-0.2, 0) is 9.59 Å². The third-order valence-corrected chi connectivity index (χ3v) is 4.62. The number of hydrogen-bond acceptors (Lipinski definition) is 4. The average molecular weight is 393 g/mol. The molecule has 3 amide bonds. The average Bonchev–Trinajstić information content (AvgIpc) is 3.12. The van der Waals surface area contributed by atoms with Crippen LogP contribution in [0.25, 0.3) is 11.1 Å². The molecule has 146 valence electrons. The Morgan fingerprint density at radius 2 is 1.83 bits per heavy atom. The van der Waals surface area contributed by atoms with Crippen molar-refractivity contribution < 1.29 is 18.8 Å². The van der Waals surface area contributed by atoms with E-state index in [4.69, 9.17) is 5.73 Å². The minimum absolute atomic E-state index is 0.0806. The van der Waals surface area contributed by atoms with E-state index in [0.29, 0.717) is 28.2 Å². The Morgan fingerprint density at radius 1 is 1.14 bits per heavy atom. The van der Waals surface area contributed by atoms with Gasteiger partial charge in [-0.15, -0.1) is 0 Å². The van der Waals surface area contributed by atoms with E-state index in [1.165, 1.54) is 35.1 Å². The molecule has 2 heterocycles. The van der Waals surface area contributed by atoms with Crippen molar-refractivity contribution in [2.24, 2.45) is 5.73 Å². The van der Waals surface area contributed by atoms with Crippen molar-refractivity contribution in [3.8, 4) is 11.1 Å². The quantitative estimate of drug-likeness (QED) is 0.630. The van der Waals surface area contributed by atoms with E-state index in [0.717, 1.165) is 0 Å². The van der Waals surface area contributed by atoms with Crippen LogP contribution < -0.4 is 16.4 Å². The van der Waals surface area contributed by atoms with E-state index in [1.807, 2.05) is 0 Å². The van der Waals surface area contributed by atoms with E-state index in [1.54, 1.807) is 24.3 Å². The summed E-state index contributed by atoms with van der Waals surface area (Å²) in [5, 5.41) is 9.70. The first kappa shape index (κ1) is 18.4. The summed E-state index contributed by atoms with van der Waals surface area (Å²) in [4.78, 5) is 36.1. The Balaban J connectivity index is 1.61. The summed E-state index contributed by atoms with van der Waals surface area (Å²) in [6.07, 6.45) is 1.44. The minimum Gasteiger partial charge on any atom is -0.366 e. The van der Waals surface area contributed by atoms with Crippen LogP contribution in [0.5, 0.6) is 0 Å². The number of nitrogens with one attached hydrogen (secondary N) is 2. The molecule has 4 rings (SSSR count). The van der Waals surface area contributed by atoms with Gasteiger partial charge in [0.1, 0.15) is 17.7 Å². The van der Waals surface area contributed by atoms with Crippen LogP contribution in [0.4, 0.5) is 15.9 Å². The van der Waals surface area contributed by atoms with Crippen LogP contribution in [0.2, 0.25) is 0 Å². The smallest absolute Gasteiger partial charge is 0.249 e. The Morgan fingerprint density at radius 3 is 2.48 bits per heavy atom. The molecule has 0 fully saturated rings. The van der Waals surface area contributed by atoms with Crippen LogP contribution in [-0.4, -0.2) is 27.5 Å². The van der Waals surface area contributed by atoms with Crippen LogP contribution >= 0.6 is 0 Å². The number of fused-ring (bicyclic) bond motifs is 1. The molecule has 1 atom stereocenters. The molecular formula is C20H16FN5O3. The zero-order valence-electron chi connectivity index (χ0n) is 15.1. The summed E-state index contributed by atoms with van der Waals surface area (Å²) in [6.45, 7) is 0. The number of anilines is 2. The Kier molecular flexibility index (Phi) is 4.55. The standard InChI is InChI=1S/C20H16FN5O3/c21-13-5-1-11(2-6-13)15-10-23-26-16(9-17(27)25-19(15)26)20(29)24-14-7-3-12(4-8-14)18(22)28/h1-8,10,16H,9H2,(H2,22,28)(H,24,29)(H,25,27)/t16-/m0/s1. The number of amides is 3. The van der Waals surface area contributed by atoms with Gasteiger partial charge >= 0.3 is 0 Å². The van der Waals surface area contributed by atoms with Gasteiger partial charge in [0.15, 0.2) is 0 Å². The zero-order chi connectivity index (χ0) is 20.5. The summed E-state index contributed by atoms with van der Waals surface area (Å²) in [5.74, 6) is -1.33. The molecule has 1 aliphatic heterocycles. The fraction of sp³-hybridized carbons (Fsp3) is 0.100. The van der Waals surface area contributed by atoms with E-state index in [2.05, 4.69) is 15.7 Å². The van der Waals surface area contributed by atoms with Crippen molar-refractivity contribution in [2.75, 3.05) is 10.6 Å². The SMILES string of the molecule is NC(=O)c1ccc(NC(=O)[C@@H]2CC(=O)Nc3c(-c4ccc(F)cc4)cnn32)cc1. The van der Waals surface area contributed by atoms with Crippen LogP contribution in [0, 0.1) is 5.82 Å². The van der Waals surface area contributed by atoms with Crippen LogP contribution in [0.1, 0.15) is 22.8 Å². The number of aromatic nitrogens is 2. The lowest BCUT2D eigenvalue weighted by molar-refractivity contribution is -0.125. The largest absolute Gasteiger partial charge is 0.366 e. The monoisotopic (exact) mass is 393 g/mol. The highest BCUT2D eigenvalue weighted by atomic mass is 19.1. The maximum absolute atomic E-state index is 13.2. The molecule has 0 radical (unpaired) electrons. The lowest BCUT2D eigenvalue weighted by atomic mass is 10.1. The first-order valence-corrected chi connectivity index (χ1v) is 8.76. The van der Waals surface area contributed by atoms with Crippen molar-refractivity contribution in [3.63, 3.8) is 0 Å². The highest BCUT2D eigenvalue weighted by Crippen LogP contribution is 2.34. The molecule has 0 aliphatic carbocycles.